The first-order chi connectivity index (χ1) is 9.74. The van der Waals surface area contributed by atoms with Crippen LogP contribution in [0.4, 0.5) is 0 Å². The van der Waals surface area contributed by atoms with E-state index >= 15 is 0 Å². The molecule has 0 aromatic carbocycles. The van der Waals surface area contributed by atoms with Gasteiger partial charge < -0.3 is 10.2 Å². The largest absolute Gasteiger partial charge is 0.307 e. The maximum Gasteiger partial charge on any atom is 0.160 e. The lowest BCUT2D eigenvalue weighted by Gasteiger charge is -2.33. The van der Waals surface area contributed by atoms with Crippen molar-refractivity contribution in [3.8, 4) is 0 Å². The average molecular weight is 273 g/mol. The molecule has 1 N–H and O–H groups in total. The Morgan fingerprint density at radius 1 is 1.40 bits per heavy atom. The van der Waals surface area contributed by atoms with Crippen molar-refractivity contribution >= 4 is 5.65 Å². The standard InChI is InChI=1S/C15H23N5/c1-12(13-6-5-8-19(2)11-13)16-10-15-18-17-14-7-3-4-9-20(14)15/h3-4,7,9,12-13,16H,5-6,8,10-11H2,1-2H3. The van der Waals surface area contributed by atoms with Gasteiger partial charge in [-0.1, -0.05) is 6.07 Å². The molecule has 0 spiro atoms. The van der Waals surface area contributed by atoms with Crippen LogP contribution in [0.5, 0.6) is 0 Å². The molecule has 3 heterocycles. The van der Waals surface area contributed by atoms with Gasteiger partial charge >= 0.3 is 0 Å². The zero-order valence-electron chi connectivity index (χ0n) is 12.3. The molecule has 2 unspecified atom stereocenters. The third kappa shape index (κ3) is 2.83. The van der Waals surface area contributed by atoms with Crippen LogP contribution in [-0.4, -0.2) is 45.7 Å². The summed E-state index contributed by atoms with van der Waals surface area (Å²) in [6, 6.07) is 6.49. The molecule has 2 aromatic heterocycles. The zero-order chi connectivity index (χ0) is 13.9. The molecular formula is C15H23N5. The van der Waals surface area contributed by atoms with Gasteiger partial charge in [-0.3, -0.25) is 4.40 Å². The molecule has 1 saturated heterocycles. The Labute approximate surface area is 120 Å². The molecule has 2 aromatic rings. The SMILES string of the molecule is CC(NCc1nnc2ccccn12)C1CCCN(C)C1. The molecule has 0 saturated carbocycles. The summed E-state index contributed by atoms with van der Waals surface area (Å²) in [5, 5.41) is 12.1. The van der Waals surface area contributed by atoms with Crippen molar-refractivity contribution in [3.05, 3.63) is 30.2 Å². The van der Waals surface area contributed by atoms with E-state index in [2.05, 4.69) is 34.4 Å². The highest BCUT2D eigenvalue weighted by molar-refractivity contribution is 5.36. The molecule has 0 aliphatic carbocycles. The van der Waals surface area contributed by atoms with E-state index in [0.29, 0.717) is 6.04 Å². The van der Waals surface area contributed by atoms with Gasteiger partial charge in [-0.05, 0) is 51.4 Å². The van der Waals surface area contributed by atoms with E-state index in [-0.39, 0.29) is 0 Å². The minimum Gasteiger partial charge on any atom is -0.307 e. The maximum atomic E-state index is 4.27. The number of piperidine rings is 1. The number of hydrogen-bond donors (Lipinski definition) is 1. The normalized spacial score (nSPS) is 22.2. The molecular weight excluding hydrogens is 250 g/mol. The second-order valence-electron chi connectivity index (χ2n) is 5.88. The highest BCUT2D eigenvalue weighted by Gasteiger charge is 2.22. The van der Waals surface area contributed by atoms with Crippen LogP contribution in [0.15, 0.2) is 24.4 Å². The van der Waals surface area contributed by atoms with E-state index in [0.717, 1.165) is 23.9 Å². The molecule has 5 nitrogen and oxygen atoms in total. The monoisotopic (exact) mass is 273 g/mol. The summed E-state index contributed by atoms with van der Waals surface area (Å²) in [6.45, 7) is 5.48. The predicted molar refractivity (Wildman–Crippen MR) is 79.5 cm³/mol. The Hall–Kier alpha value is -1.46. The molecule has 5 heteroatoms. The van der Waals surface area contributed by atoms with Gasteiger partial charge in [0, 0.05) is 18.8 Å². The first kappa shape index (κ1) is 13.5. The van der Waals surface area contributed by atoms with E-state index in [1.54, 1.807) is 0 Å². The van der Waals surface area contributed by atoms with E-state index in [1.807, 2.05) is 28.8 Å². The summed E-state index contributed by atoms with van der Waals surface area (Å²) < 4.78 is 2.05. The Morgan fingerprint density at radius 2 is 2.30 bits per heavy atom. The Kier molecular flexibility index (Phi) is 3.98. The predicted octanol–water partition coefficient (Wildman–Crippen LogP) is 1.55. The number of rotatable bonds is 4. The van der Waals surface area contributed by atoms with Gasteiger partial charge in [-0.2, -0.15) is 0 Å². The number of aromatic nitrogens is 3. The van der Waals surface area contributed by atoms with Crippen LogP contribution in [0.3, 0.4) is 0 Å². The van der Waals surface area contributed by atoms with Crippen LogP contribution in [0, 0.1) is 5.92 Å². The van der Waals surface area contributed by atoms with Crippen LogP contribution >= 0.6 is 0 Å². The third-order valence-corrected chi connectivity index (χ3v) is 4.33. The summed E-state index contributed by atoms with van der Waals surface area (Å²) in [7, 11) is 2.21. The minimum atomic E-state index is 0.508. The maximum absolute atomic E-state index is 4.27. The molecule has 20 heavy (non-hydrogen) atoms. The highest BCUT2D eigenvalue weighted by Crippen LogP contribution is 2.18. The summed E-state index contributed by atoms with van der Waals surface area (Å²) in [5.74, 6) is 1.71. The van der Waals surface area contributed by atoms with Crippen molar-refractivity contribution in [1.82, 2.24) is 24.8 Å². The van der Waals surface area contributed by atoms with Crippen LogP contribution in [0.1, 0.15) is 25.6 Å². The summed E-state index contributed by atoms with van der Waals surface area (Å²) >= 11 is 0. The molecule has 1 aliphatic heterocycles. The van der Waals surface area contributed by atoms with Crippen LogP contribution in [0.2, 0.25) is 0 Å². The van der Waals surface area contributed by atoms with Crippen molar-refractivity contribution in [1.29, 1.82) is 0 Å². The first-order valence-corrected chi connectivity index (χ1v) is 7.44. The fourth-order valence-corrected chi connectivity index (χ4v) is 3.04. The number of nitrogens with zero attached hydrogens (tertiary/aromatic N) is 4. The molecule has 108 valence electrons. The van der Waals surface area contributed by atoms with Crippen LogP contribution in [0.25, 0.3) is 5.65 Å². The lowest BCUT2D eigenvalue weighted by Crippen LogP contribution is -2.43. The number of nitrogens with one attached hydrogen (secondary N) is 1. The zero-order valence-corrected chi connectivity index (χ0v) is 12.3. The van der Waals surface area contributed by atoms with Crippen molar-refractivity contribution in [2.45, 2.75) is 32.4 Å². The second kappa shape index (κ2) is 5.89. The van der Waals surface area contributed by atoms with Crippen LogP contribution < -0.4 is 5.32 Å². The number of fused-ring (bicyclic) bond motifs is 1. The van der Waals surface area contributed by atoms with Gasteiger partial charge in [0.25, 0.3) is 0 Å². The van der Waals surface area contributed by atoms with Crippen molar-refractivity contribution in [3.63, 3.8) is 0 Å². The summed E-state index contributed by atoms with van der Waals surface area (Å²) in [5.41, 5.74) is 0.911. The Bertz CT molecular complexity index is 564. The molecule has 0 amide bonds. The van der Waals surface area contributed by atoms with Crippen molar-refractivity contribution in [2.24, 2.45) is 5.92 Å². The van der Waals surface area contributed by atoms with Gasteiger partial charge in [0.05, 0.1) is 6.54 Å². The highest BCUT2D eigenvalue weighted by atomic mass is 15.3. The van der Waals surface area contributed by atoms with Gasteiger partial charge in [0.2, 0.25) is 0 Å². The topological polar surface area (TPSA) is 45.5 Å². The quantitative estimate of drug-likeness (QED) is 0.918. The molecule has 3 rings (SSSR count). The Balaban J connectivity index is 1.61. The summed E-state index contributed by atoms with van der Waals surface area (Å²) in [6.07, 6.45) is 4.64. The smallest absolute Gasteiger partial charge is 0.160 e. The number of pyridine rings is 1. The molecule has 1 fully saturated rings. The van der Waals surface area contributed by atoms with E-state index in [4.69, 9.17) is 0 Å². The molecule has 1 aliphatic rings. The van der Waals surface area contributed by atoms with E-state index in [9.17, 15) is 0 Å². The lowest BCUT2D eigenvalue weighted by atomic mass is 9.92. The van der Waals surface area contributed by atoms with Crippen LogP contribution in [-0.2, 0) is 6.54 Å². The number of likely N-dealkylation sites (tertiary alicyclic amines) is 1. The Morgan fingerprint density at radius 3 is 3.15 bits per heavy atom. The van der Waals surface area contributed by atoms with E-state index in [1.165, 1.54) is 25.9 Å². The van der Waals surface area contributed by atoms with Gasteiger partial charge in [-0.15, -0.1) is 10.2 Å². The molecule has 0 radical (unpaired) electrons. The average Bonchev–Trinajstić information content (AvgIpc) is 2.88. The van der Waals surface area contributed by atoms with Crippen molar-refractivity contribution < 1.29 is 0 Å². The van der Waals surface area contributed by atoms with Gasteiger partial charge in [-0.25, -0.2) is 0 Å². The van der Waals surface area contributed by atoms with E-state index < -0.39 is 0 Å². The fraction of sp³-hybridized carbons (Fsp3) is 0.600. The molecule has 2 atom stereocenters. The second-order valence-corrected chi connectivity index (χ2v) is 5.88. The number of hydrogen-bond acceptors (Lipinski definition) is 4. The minimum absolute atomic E-state index is 0.508. The first-order valence-electron chi connectivity index (χ1n) is 7.44. The van der Waals surface area contributed by atoms with Crippen molar-refractivity contribution in [2.75, 3.05) is 20.1 Å². The third-order valence-electron chi connectivity index (χ3n) is 4.33. The van der Waals surface area contributed by atoms with Gasteiger partial charge in [0.1, 0.15) is 0 Å². The fourth-order valence-electron chi connectivity index (χ4n) is 3.04. The summed E-state index contributed by atoms with van der Waals surface area (Å²) in [4.78, 5) is 2.43. The lowest BCUT2D eigenvalue weighted by molar-refractivity contribution is 0.178. The van der Waals surface area contributed by atoms with Gasteiger partial charge in [0.15, 0.2) is 11.5 Å². The molecule has 0 bridgehead atoms.